The molecule has 0 radical (unpaired) electrons. The van der Waals surface area contributed by atoms with Gasteiger partial charge in [0.05, 0.1) is 0 Å². The molecule has 1 aliphatic rings. The summed E-state index contributed by atoms with van der Waals surface area (Å²) in [6.45, 7) is 4.16. The molecule has 1 aliphatic carbocycles. The van der Waals surface area contributed by atoms with Crippen LogP contribution in [0.15, 0.2) is 42.5 Å². The SMILES string of the molecule is CCC1Cc2ccccc2[C@@H]1Oc1ccc(C)cc1O. The molecule has 2 atom stereocenters. The summed E-state index contributed by atoms with van der Waals surface area (Å²) in [5.74, 6) is 1.29. The third-order valence-corrected chi connectivity index (χ3v) is 4.16. The molecule has 0 bridgehead atoms. The highest BCUT2D eigenvalue weighted by Crippen LogP contribution is 2.42. The third-order valence-electron chi connectivity index (χ3n) is 4.16. The van der Waals surface area contributed by atoms with Crippen LogP contribution in [0.2, 0.25) is 0 Å². The van der Waals surface area contributed by atoms with Gasteiger partial charge < -0.3 is 9.84 Å². The zero-order valence-electron chi connectivity index (χ0n) is 12.0. The molecule has 2 aromatic rings. The molecule has 104 valence electrons. The smallest absolute Gasteiger partial charge is 0.161 e. The van der Waals surface area contributed by atoms with Crippen molar-refractivity contribution in [3.63, 3.8) is 0 Å². The predicted octanol–water partition coefficient (Wildman–Crippen LogP) is 4.40. The quantitative estimate of drug-likeness (QED) is 0.893. The molecule has 1 unspecified atom stereocenters. The molecule has 0 saturated heterocycles. The molecule has 0 aromatic heterocycles. The molecule has 0 amide bonds. The Bertz CT molecular complexity index is 619. The molecule has 2 heteroatoms. The van der Waals surface area contributed by atoms with Crippen molar-refractivity contribution < 1.29 is 9.84 Å². The van der Waals surface area contributed by atoms with E-state index in [1.165, 1.54) is 11.1 Å². The minimum atomic E-state index is 0.0461. The van der Waals surface area contributed by atoms with E-state index in [0.29, 0.717) is 11.7 Å². The Labute approximate surface area is 120 Å². The average Bonchev–Trinajstić information content (AvgIpc) is 2.80. The first-order valence-electron chi connectivity index (χ1n) is 7.23. The summed E-state index contributed by atoms with van der Waals surface area (Å²) >= 11 is 0. The molecular weight excluding hydrogens is 248 g/mol. The van der Waals surface area contributed by atoms with Crippen LogP contribution in [0.5, 0.6) is 11.5 Å². The highest BCUT2D eigenvalue weighted by Gasteiger charge is 2.33. The van der Waals surface area contributed by atoms with Crippen LogP contribution in [0.3, 0.4) is 0 Å². The van der Waals surface area contributed by atoms with Gasteiger partial charge >= 0.3 is 0 Å². The molecule has 0 heterocycles. The Morgan fingerprint density at radius 1 is 1.20 bits per heavy atom. The van der Waals surface area contributed by atoms with Crippen molar-refractivity contribution >= 4 is 0 Å². The maximum atomic E-state index is 10.0. The van der Waals surface area contributed by atoms with E-state index in [1.54, 1.807) is 6.07 Å². The molecule has 1 N–H and O–H groups in total. The molecule has 0 spiro atoms. The van der Waals surface area contributed by atoms with Crippen LogP contribution in [-0.4, -0.2) is 5.11 Å². The summed E-state index contributed by atoms with van der Waals surface area (Å²) in [7, 11) is 0. The molecule has 2 aromatic carbocycles. The maximum Gasteiger partial charge on any atom is 0.161 e. The van der Waals surface area contributed by atoms with Gasteiger partial charge in [0.15, 0.2) is 11.5 Å². The van der Waals surface area contributed by atoms with Crippen LogP contribution < -0.4 is 4.74 Å². The van der Waals surface area contributed by atoms with E-state index in [2.05, 4.69) is 31.2 Å². The number of phenolic OH excluding ortho intramolecular Hbond substituents is 1. The normalized spacial score (nSPS) is 20.7. The minimum absolute atomic E-state index is 0.0461. The second-order valence-corrected chi connectivity index (χ2v) is 5.58. The van der Waals surface area contributed by atoms with E-state index >= 15 is 0 Å². The number of benzene rings is 2. The van der Waals surface area contributed by atoms with E-state index < -0.39 is 0 Å². The molecular formula is C18H20O2. The number of hydrogen-bond acceptors (Lipinski definition) is 2. The molecule has 20 heavy (non-hydrogen) atoms. The van der Waals surface area contributed by atoms with E-state index in [1.807, 2.05) is 19.1 Å². The van der Waals surface area contributed by atoms with Gasteiger partial charge in [-0.05, 0) is 48.6 Å². The first kappa shape index (κ1) is 13.0. The molecule has 3 rings (SSSR count). The van der Waals surface area contributed by atoms with Crippen LogP contribution in [0.1, 0.15) is 36.1 Å². The monoisotopic (exact) mass is 268 g/mol. The standard InChI is InChI=1S/C18H20O2/c1-3-13-11-14-6-4-5-7-15(14)18(13)20-17-9-8-12(2)10-16(17)19/h4-10,13,18-19H,3,11H2,1-2H3/t13?,18-/m1/s1. The number of rotatable bonds is 3. The largest absolute Gasteiger partial charge is 0.504 e. The van der Waals surface area contributed by atoms with Crippen molar-refractivity contribution in [2.45, 2.75) is 32.8 Å². The van der Waals surface area contributed by atoms with Crippen molar-refractivity contribution in [1.29, 1.82) is 0 Å². The van der Waals surface area contributed by atoms with Crippen molar-refractivity contribution in [1.82, 2.24) is 0 Å². The van der Waals surface area contributed by atoms with Gasteiger partial charge in [-0.3, -0.25) is 0 Å². The maximum absolute atomic E-state index is 10.0. The zero-order chi connectivity index (χ0) is 14.1. The third kappa shape index (κ3) is 2.26. The van der Waals surface area contributed by atoms with Gasteiger partial charge in [-0.25, -0.2) is 0 Å². The predicted molar refractivity (Wildman–Crippen MR) is 80.1 cm³/mol. The molecule has 0 saturated carbocycles. The summed E-state index contributed by atoms with van der Waals surface area (Å²) < 4.78 is 6.14. The Kier molecular flexibility index (Phi) is 3.39. The second kappa shape index (κ2) is 5.20. The highest BCUT2D eigenvalue weighted by atomic mass is 16.5. The fraction of sp³-hybridized carbons (Fsp3) is 0.333. The summed E-state index contributed by atoms with van der Waals surface area (Å²) in [5.41, 5.74) is 3.67. The van der Waals surface area contributed by atoms with E-state index in [-0.39, 0.29) is 11.9 Å². The van der Waals surface area contributed by atoms with Gasteiger partial charge in [-0.2, -0.15) is 0 Å². The lowest BCUT2D eigenvalue weighted by atomic mass is 10.0. The number of hydrogen-bond donors (Lipinski definition) is 1. The van der Waals surface area contributed by atoms with Crippen molar-refractivity contribution in [2.75, 3.05) is 0 Å². The van der Waals surface area contributed by atoms with Crippen molar-refractivity contribution in [2.24, 2.45) is 5.92 Å². The van der Waals surface area contributed by atoms with Crippen LogP contribution in [0.4, 0.5) is 0 Å². The Morgan fingerprint density at radius 2 is 2.00 bits per heavy atom. The fourth-order valence-corrected chi connectivity index (χ4v) is 3.02. The van der Waals surface area contributed by atoms with Gasteiger partial charge in [0.1, 0.15) is 6.10 Å². The average molecular weight is 268 g/mol. The first-order valence-corrected chi connectivity index (χ1v) is 7.23. The Balaban J connectivity index is 1.92. The van der Waals surface area contributed by atoms with Gasteiger partial charge in [0.2, 0.25) is 0 Å². The summed E-state index contributed by atoms with van der Waals surface area (Å²) in [5, 5.41) is 10.0. The van der Waals surface area contributed by atoms with Crippen molar-refractivity contribution in [3.05, 3.63) is 59.2 Å². The van der Waals surface area contributed by atoms with E-state index in [4.69, 9.17) is 4.74 Å². The Morgan fingerprint density at radius 3 is 2.75 bits per heavy atom. The highest BCUT2D eigenvalue weighted by molar-refractivity contribution is 5.43. The molecule has 0 aliphatic heterocycles. The second-order valence-electron chi connectivity index (χ2n) is 5.58. The summed E-state index contributed by atoms with van der Waals surface area (Å²) in [6.07, 6.45) is 2.18. The lowest BCUT2D eigenvalue weighted by Crippen LogP contribution is -2.13. The number of aromatic hydroxyl groups is 1. The van der Waals surface area contributed by atoms with Gasteiger partial charge in [0.25, 0.3) is 0 Å². The summed E-state index contributed by atoms with van der Waals surface area (Å²) in [4.78, 5) is 0. The van der Waals surface area contributed by atoms with Crippen LogP contribution in [-0.2, 0) is 6.42 Å². The van der Waals surface area contributed by atoms with Gasteiger partial charge in [-0.15, -0.1) is 0 Å². The number of phenols is 1. The van der Waals surface area contributed by atoms with Crippen molar-refractivity contribution in [3.8, 4) is 11.5 Å². The Hall–Kier alpha value is -1.96. The minimum Gasteiger partial charge on any atom is -0.504 e. The van der Waals surface area contributed by atoms with Crippen LogP contribution in [0.25, 0.3) is 0 Å². The summed E-state index contributed by atoms with van der Waals surface area (Å²) in [6, 6.07) is 14.0. The van der Waals surface area contributed by atoms with Gasteiger partial charge in [-0.1, -0.05) is 37.3 Å². The van der Waals surface area contributed by atoms with Crippen LogP contribution >= 0.6 is 0 Å². The first-order chi connectivity index (χ1) is 9.69. The zero-order valence-corrected chi connectivity index (χ0v) is 12.0. The number of fused-ring (bicyclic) bond motifs is 1. The lowest BCUT2D eigenvalue weighted by Gasteiger charge is -2.21. The van der Waals surface area contributed by atoms with Crippen LogP contribution in [0, 0.1) is 12.8 Å². The fourth-order valence-electron chi connectivity index (χ4n) is 3.02. The van der Waals surface area contributed by atoms with Gasteiger partial charge in [0, 0.05) is 5.92 Å². The van der Waals surface area contributed by atoms with E-state index in [0.717, 1.165) is 18.4 Å². The van der Waals surface area contributed by atoms with E-state index in [9.17, 15) is 5.11 Å². The molecule has 2 nitrogen and oxygen atoms in total. The lowest BCUT2D eigenvalue weighted by molar-refractivity contribution is 0.142. The topological polar surface area (TPSA) is 29.5 Å². The molecule has 0 fully saturated rings. The number of aryl methyl sites for hydroxylation is 1. The number of ether oxygens (including phenoxy) is 1.